The molecule has 1 heterocycles. The summed E-state index contributed by atoms with van der Waals surface area (Å²) in [6.07, 6.45) is 0.790. The molecule has 0 bridgehead atoms. The summed E-state index contributed by atoms with van der Waals surface area (Å²) >= 11 is 0. The van der Waals surface area contributed by atoms with E-state index in [9.17, 15) is 8.78 Å². The highest BCUT2D eigenvalue weighted by atomic mass is 19.1. The minimum Gasteiger partial charge on any atom is -0.305 e. The molecule has 0 aliphatic carbocycles. The van der Waals surface area contributed by atoms with E-state index in [-0.39, 0.29) is 5.56 Å². The van der Waals surface area contributed by atoms with Gasteiger partial charge in [0.1, 0.15) is 11.6 Å². The Morgan fingerprint density at radius 3 is 2.38 bits per heavy atom. The van der Waals surface area contributed by atoms with Gasteiger partial charge in [-0.1, -0.05) is 19.9 Å². The number of nitrogens with one attached hydrogen (secondary N) is 1. The van der Waals surface area contributed by atoms with Crippen molar-refractivity contribution in [1.82, 2.24) is 15.1 Å². The van der Waals surface area contributed by atoms with Crippen molar-refractivity contribution >= 4 is 0 Å². The van der Waals surface area contributed by atoms with Crippen molar-refractivity contribution in [3.05, 3.63) is 52.9 Å². The quantitative estimate of drug-likeness (QED) is 0.884. The van der Waals surface area contributed by atoms with Crippen LogP contribution in [0.15, 0.2) is 24.3 Å². The van der Waals surface area contributed by atoms with Crippen LogP contribution in [0.3, 0.4) is 0 Å². The molecule has 0 radical (unpaired) electrons. The Hall–Kier alpha value is -1.75. The van der Waals surface area contributed by atoms with Gasteiger partial charge in [-0.15, -0.1) is 0 Å². The zero-order valence-electron chi connectivity index (χ0n) is 12.7. The van der Waals surface area contributed by atoms with Crippen LogP contribution < -0.4 is 5.32 Å². The third-order valence-electron chi connectivity index (χ3n) is 3.52. The smallest absolute Gasteiger partial charge is 0.131 e. The molecule has 0 aliphatic heterocycles. The highest BCUT2D eigenvalue weighted by Gasteiger charge is 2.24. The van der Waals surface area contributed by atoms with Crippen molar-refractivity contribution in [3.8, 4) is 0 Å². The zero-order valence-corrected chi connectivity index (χ0v) is 12.7. The first-order chi connectivity index (χ1) is 10.1. The number of aromatic nitrogens is 2. The molecule has 114 valence electrons. The largest absolute Gasteiger partial charge is 0.305 e. The van der Waals surface area contributed by atoms with Crippen molar-refractivity contribution < 1.29 is 8.78 Å². The normalized spacial score (nSPS) is 12.6. The van der Waals surface area contributed by atoms with Crippen LogP contribution in [0.5, 0.6) is 0 Å². The third-order valence-corrected chi connectivity index (χ3v) is 3.52. The summed E-state index contributed by atoms with van der Waals surface area (Å²) in [5.74, 6) is -1.08. The van der Waals surface area contributed by atoms with Gasteiger partial charge in [0.2, 0.25) is 0 Å². The molecule has 1 aromatic carbocycles. The highest BCUT2D eigenvalue weighted by Crippen LogP contribution is 2.27. The number of hydrogen-bond donors (Lipinski definition) is 1. The third kappa shape index (κ3) is 3.13. The van der Waals surface area contributed by atoms with Crippen LogP contribution in [0.25, 0.3) is 0 Å². The van der Waals surface area contributed by atoms with Gasteiger partial charge < -0.3 is 5.32 Å². The SMILES string of the molecule is CCNC(c1c(F)cccc1F)c1cc(CC)nn1CC. The standard InChI is InChI=1S/C16H21F2N3/c1-4-11-10-14(21(6-3)20-11)16(19-5-2)15-12(17)8-7-9-13(15)18/h7-10,16,19H,4-6H2,1-3H3. The Balaban J connectivity index is 2.56. The molecular weight excluding hydrogens is 272 g/mol. The van der Waals surface area contributed by atoms with Crippen molar-refractivity contribution in [2.24, 2.45) is 0 Å². The van der Waals surface area contributed by atoms with Gasteiger partial charge in [0, 0.05) is 12.1 Å². The summed E-state index contributed by atoms with van der Waals surface area (Å²) in [5, 5.41) is 7.64. The Morgan fingerprint density at radius 1 is 1.19 bits per heavy atom. The van der Waals surface area contributed by atoms with Crippen LogP contribution in [0.4, 0.5) is 8.78 Å². The second-order valence-electron chi connectivity index (χ2n) is 4.86. The van der Waals surface area contributed by atoms with Crippen LogP contribution in [-0.4, -0.2) is 16.3 Å². The molecule has 0 amide bonds. The Labute approximate surface area is 124 Å². The van der Waals surface area contributed by atoms with E-state index in [2.05, 4.69) is 10.4 Å². The van der Waals surface area contributed by atoms with Crippen molar-refractivity contribution in [2.75, 3.05) is 6.54 Å². The van der Waals surface area contributed by atoms with E-state index < -0.39 is 17.7 Å². The Bertz CT molecular complexity index is 587. The maximum Gasteiger partial charge on any atom is 0.131 e. The molecule has 0 spiro atoms. The van der Waals surface area contributed by atoms with Gasteiger partial charge in [-0.05, 0) is 38.1 Å². The molecule has 0 saturated carbocycles. The second kappa shape index (κ2) is 6.80. The fraction of sp³-hybridized carbons (Fsp3) is 0.438. The van der Waals surface area contributed by atoms with Gasteiger partial charge in [-0.3, -0.25) is 4.68 Å². The maximum atomic E-state index is 14.1. The molecule has 0 saturated heterocycles. The number of halogens is 2. The minimum absolute atomic E-state index is 0.0524. The average molecular weight is 293 g/mol. The van der Waals surface area contributed by atoms with Crippen LogP contribution in [0, 0.1) is 11.6 Å². The molecule has 2 aromatic rings. The number of rotatable bonds is 6. The zero-order chi connectivity index (χ0) is 15.4. The summed E-state index contributed by atoms with van der Waals surface area (Å²) in [6.45, 7) is 7.16. The molecule has 0 fully saturated rings. The predicted molar refractivity (Wildman–Crippen MR) is 79.2 cm³/mol. The summed E-state index contributed by atoms with van der Waals surface area (Å²) in [4.78, 5) is 0. The first-order valence-corrected chi connectivity index (χ1v) is 7.36. The lowest BCUT2D eigenvalue weighted by Gasteiger charge is -2.20. The molecular formula is C16H21F2N3. The number of nitrogens with zero attached hydrogens (tertiary/aromatic N) is 2. The van der Waals surface area contributed by atoms with Gasteiger partial charge in [0.15, 0.2) is 0 Å². The van der Waals surface area contributed by atoms with Gasteiger partial charge in [0.25, 0.3) is 0 Å². The Morgan fingerprint density at radius 2 is 1.86 bits per heavy atom. The number of benzene rings is 1. The minimum atomic E-state index is -0.539. The number of aryl methyl sites for hydroxylation is 2. The molecule has 1 unspecified atom stereocenters. The lowest BCUT2D eigenvalue weighted by Crippen LogP contribution is -2.26. The topological polar surface area (TPSA) is 29.9 Å². The fourth-order valence-corrected chi connectivity index (χ4v) is 2.49. The van der Waals surface area contributed by atoms with Crippen molar-refractivity contribution in [1.29, 1.82) is 0 Å². The summed E-state index contributed by atoms with van der Waals surface area (Å²) < 4.78 is 30.1. The van der Waals surface area contributed by atoms with Gasteiger partial charge in [-0.2, -0.15) is 5.10 Å². The molecule has 1 N–H and O–H groups in total. The average Bonchev–Trinajstić information content (AvgIpc) is 2.89. The molecule has 0 aliphatic rings. The summed E-state index contributed by atoms with van der Waals surface area (Å²) in [6, 6.07) is 5.34. The van der Waals surface area contributed by atoms with Gasteiger partial charge >= 0.3 is 0 Å². The summed E-state index contributed by atoms with van der Waals surface area (Å²) in [7, 11) is 0. The molecule has 2 rings (SSSR count). The first-order valence-electron chi connectivity index (χ1n) is 7.36. The molecule has 5 heteroatoms. The molecule has 21 heavy (non-hydrogen) atoms. The first kappa shape index (κ1) is 15.6. The van der Waals surface area contributed by atoms with E-state index in [1.165, 1.54) is 18.2 Å². The Kier molecular flexibility index (Phi) is 5.07. The monoisotopic (exact) mass is 293 g/mol. The van der Waals surface area contributed by atoms with E-state index >= 15 is 0 Å². The van der Waals surface area contributed by atoms with E-state index in [0.29, 0.717) is 13.1 Å². The fourth-order valence-electron chi connectivity index (χ4n) is 2.49. The molecule has 1 aromatic heterocycles. The maximum absolute atomic E-state index is 14.1. The van der Waals surface area contributed by atoms with E-state index in [0.717, 1.165) is 17.8 Å². The van der Waals surface area contributed by atoms with Crippen LogP contribution >= 0.6 is 0 Å². The second-order valence-corrected chi connectivity index (χ2v) is 4.86. The van der Waals surface area contributed by atoms with Crippen LogP contribution in [-0.2, 0) is 13.0 Å². The van der Waals surface area contributed by atoms with E-state index in [1.807, 2.05) is 26.8 Å². The summed E-state index contributed by atoms with van der Waals surface area (Å²) in [5.41, 5.74) is 1.77. The van der Waals surface area contributed by atoms with E-state index in [1.54, 1.807) is 4.68 Å². The lowest BCUT2D eigenvalue weighted by atomic mass is 10.0. The van der Waals surface area contributed by atoms with Crippen LogP contribution in [0.2, 0.25) is 0 Å². The van der Waals surface area contributed by atoms with Crippen LogP contribution in [0.1, 0.15) is 43.8 Å². The molecule has 1 atom stereocenters. The highest BCUT2D eigenvalue weighted by molar-refractivity contribution is 5.31. The van der Waals surface area contributed by atoms with Crippen molar-refractivity contribution in [2.45, 2.75) is 39.8 Å². The molecule has 3 nitrogen and oxygen atoms in total. The van der Waals surface area contributed by atoms with Gasteiger partial charge in [-0.25, -0.2) is 8.78 Å². The van der Waals surface area contributed by atoms with Crippen molar-refractivity contribution in [3.63, 3.8) is 0 Å². The van der Waals surface area contributed by atoms with Gasteiger partial charge in [0.05, 0.1) is 17.4 Å². The predicted octanol–water partition coefficient (Wildman–Crippen LogP) is 3.44. The lowest BCUT2D eigenvalue weighted by molar-refractivity contribution is 0.483. The van der Waals surface area contributed by atoms with E-state index in [4.69, 9.17) is 0 Å². The number of hydrogen-bond acceptors (Lipinski definition) is 2.